The van der Waals surface area contributed by atoms with Crippen molar-refractivity contribution < 1.29 is 19.0 Å². The van der Waals surface area contributed by atoms with Gasteiger partial charge in [-0.15, -0.1) is 0 Å². The molecule has 0 atom stereocenters. The first kappa shape index (κ1) is 23.4. The molecular weight excluding hydrogens is 454 g/mol. The van der Waals surface area contributed by atoms with Gasteiger partial charge in [0.25, 0.3) is 5.91 Å². The zero-order valence-corrected chi connectivity index (χ0v) is 20.2. The second kappa shape index (κ2) is 10.4. The molecule has 164 valence electrons. The third kappa shape index (κ3) is 5.73. The Hall–Kier alpha value is -2.22. The summed E-state index contributed by atoms with van der Waals surface area (Å²) in [5.74, 6) is 1.67. The number of hydrogen-bond acceptors (Lipinski definition) is 6. The number of ether oxygens (including phenoxy) is 3. The lowest BCUT2D eigenvalue weighted by Crippen LogP contribution is -2.22. The summed E-state index contributed by atoms with van der Waals surface area (Å²) in [7, 11) is 1.66. The molecule has 1 fully saturated rings. The van der Waals surface area contributed by atoms with E-state index in [2.05, 4.69) is 0 Å². The Kier molecular flexibility index (Phi) is 7.86. The van der Waals surface area contributed by atoms with Gasteiger partial charge in [0, 0.05) is 7.05 Å². The van der Waals surface area contributed by atoms with E-state index < -0.39 is 0 Å². The van der Waals surface area contributed by atoms with Gasteiger partial charge < -0.3 is 14.2 Å². The first-order chi connectivity index (χ1) is 14.8. The minimum atomic E-state index is -0.131. The van der Waals surface area contributed by atoms with E-state index in [0.29, 0.717) is 45.6 Å². The van der Waals surface area contributed by atoms with Crippen molar-refractivity contribution in [1.29, 1.82) is 0 Å². The molecule has 0 unspecified atom stereocenters. The number of carbonyl (C=O) groups excluding carboxylic acids is 1. The zero-order chi connectivity index (χ0) is 22.5. The first-order valence-electron chi connectivity index (χ1n) is 9.81. The highest BCUT2D eigenvalue weighted by molar-refractivity contribution is 8.26. The molecule has 0 aliphatic carbocycles. The molecule has 1 saturated heterocycles. The predicted molar refractivity (Wildman–Crippen MR) is 130 cm³/mol. The van der Waals surface area contributed by atoms with E-state index >= 15 is 0 Å². The second-order valence-electron chi connectivity index (χ2n) is 6.97. The number of likely N-dealkylation sites (N-methyl/N-ethyl adjacent to an activating group) is 1. The van der Waals surface area contributed by atoms with Gasteiger partial charge in [-0.1, -0.05) is 47.7 Å². The number of thiocarbonyl (C=S) groups is 1. The van der Waals surface area contributed by atoms with Crippen molar-refractivity contribution in [3.05, 3.63) is 56.9 Å². The summed E-state index contributed by atoms with van der Waals surface area (Å²) in [6.45, 7) is 7.04. The van der Waals surface area contributed by atoms with Crippen LogP contribution >= 0.6 is 35.6 Å². The van der Waals surface area contributed by atoms with Crippen molar-refractivity contribution in [2.45, 2.75) is 20.8 Å². The summed E-state index contributed by atoms with van der Waals surface area (Å²) in [6, 6.07) is 9.63. The quantitative estimate of drug-likeness (QED) is 0.278. The van der Waals surface area contributed by atoms with Crippen LogP contribution in [0.4, 0.5) is 0 Å². The van der Waals surface area contributed by atoms with E-state index in [9.17, 15) is 4.79 Å². The van der Waals surface area contributed by atoms with Gasteiger partial charge in [0.2, 0.25) is 0 Å². The van der Waals surface area contributed by atoms with Crippen LogP contribution in [-0.2, 0) is 4.79 Å². The molecule has 1 aliphatic heterocycles. The predicted octanol–water partition coefficient (Wildman–Crippen LogP) is 5.64. The van der Waals surface area contributed by atoms with Gasteiger partial charge in [-0.3, -0.25) is 9.69 Å². The Morgan fingerprint density at radius 2 is 1.84 bits per heavy atom. The number of halogens is 1. The minimum Gasteiger partial charge on any atom is -0.490 e. The summed E-state index contributed by atoms with van der Waals surface area (Å²) >= 11 is 12.9. The number of thioether (sulfide) groups is 1. The summed E-state index contributed by atoms with van der Waals surface area (Å²) in [4.78, 5) is 14.3. The van der Waals surface area contributed by atoms with Gasteiger partial charge in [-0.25, -0.2) is 0 Å². The Morgan fingerprint density at radius 3 is 2.52 bits per heavy atom. The molecule has 8 heteroatoms. The number of carbonyl (C=O) groups is 1. The molecule has 0 saturated carbocycles. The summed E-state index contributed by atoms with van der Waals surface area (Å²) in [5.41, 5.74) is 2.95. The molecule has 1 aliphatic rings. The summed E-state index contributed by atoms with van der Waals surface area (Å²) < 4.78 is 18.0. The van der Waals surface area contributed by atoms with Gasteiger partial charge in [0.05, 0.1) is 16.5 Å². The fourth-order valence-corrected chi connectivity index (χ4v) is 4.38. The molecule has 0 spiro atoms. The Bertz CT molecular complexity index is 1040. The number of nitrogens with zero attached hydrogens (tertiary/aromatic N) is 1. The van der Waals surface area contributed by atoms with Crippen LogP contribution < -0.4 is 14.2 Å². The Labute approximate surface area is 197 Å². The lowest BCUT2D eigenvalue weighted by atomic mass is 10.1. The van der Waals surface area contributed by atoms with E-state index in [1.54, 1.807) is 25.3 Å². The minimum absolute atomic E-state index is 0.131. The third-order valence-corrected chi connectivity index (χ3v) is 6.31. The smallest absolute Gasteiger partial charge is 0.265 e. The second-order valence-corrected chi connectivity index (χ2v) is 9.05. The van der Waals surface area contributed by atoms with E-state index in [0.717, 1.165) is 22.4 Å². The highest BCUT2D eigenvalue weighted by Gasteiger charge is 2.28. The molecule has 1 amide bonds. The summed E-state index contributed by atoms with van der Waals surface area (Å²) in [6.07, 6.45) is 1.75. The molecule has 2 aromatic carbocycles. The van der Waals surface area contributed by atoms with Crippen LogP contribution in [0.1, 0.15) is 23.6 Å². The van der Waals surface area contributed by atoms with Crippen LogP contribution in [0.5, 0.6) is 17.2 Å². The monoisotopic (exact) mass is 477 g/mol. The number of aryl methyl sites for hydroxylation is 2. The topological polar surface area (TPSA) is 48.0 Å². The lowest BCUT2D eigenvalue weighted by molar-refractivity contribution is -0.121. The SMILES string of the molecule is CCOc1cc(/C=C2/SC(=S)N(C)C2=O)cc(Cl)c1OCCOc1cc(C)ccc1C. The van der Waals surface area contributed by atoms with E-state index in [1.165, 1.54) is 16.7 Å². The normalized spacial score (nSPS) is 15.0. The summed E-state index contributed by atoms with van der Waals surface area (Å²) in [5, 5.41) is 0.399. The molecule has 0 bridgehead atoms. The van der Waals surface area contributed by atoms with Crippen LogP contribution in [0.15, 0.2) is 35.2 Å². The van der Waals surface area contributed by atoms with Gasteiger partial charge in [-0.2, -0.15) is 0 Å². The first-order valence-corrected chi connectivity index (χ1v) is 11.4. The van der Waals surface area contributed by atoms with Crippen molar-refractivity contribution >= 4 is 51.9 Å². The fraction of sp³-hybridized carbons (Fsp3) is 0.304. The molecule has 0 radical (unpaired) electrons. The number of hydrogen-bond donors (Lipinski definition) is 0. The average Bonchev–Trinajstić information content (AvgIpc) is 2.96. The maximum Gasteiger partial charge on any atom is 0.265 e. The van der Waals surface area contributed by atoms with E-state index in [4.69, 9.17) is 38.0 Å². The van der Waals surface area contributed by atoms with E-state index in [-0.39, 0.29) is 5.91 Å². The number of benzene rings is 2. The van der Waals surface area contributed by atoms with E-state index in [1.807, 2.05) is 39.0 Å². The molecular formula is C23H24ClNO4S2. The van der Waals surface area contributed by atoms with Crippen LogP contribution in [0.25, 0.3) is 6.08 Å². The van der Waals surface area contributed by atoms with Gasteiger partial charge in [0.1, 0.15) is 23.3 Å². The standard InChI is InChI=1S/C23H24ClNO4S2/c1-5-27-19-12-16(13-20-22(26)25(4)23(30)31-20)11-17(24)21(19)29-9-8-28-18-10-14(2)6-7-15(18)3/h6-7,10-13H,5,8-9H2,1-4H3/b20-13+. The highest BCUT2D eigenvalue weighted by Crippen LogP contribution is 2.39. The fourth-order valence-electron chi connectivity index (χ4n) is 2.93. The van der Waals surface area contributed by atoms with Crippen molar-refractivity contribution in [2.24, 2.45) is 0 Å². The van der Waals surface area contributed by atoms with Crippen molar-refractivity contribution in [1.82, 2.24) is 4.90 Å². The van der Waals surface area contributed by atoms with Gasteiger partial charge >= 0.3 is 0 Å². The Balaban J connectivity index is 1.72. The van der Waals surface area contributed by atoms with Gasteiger partial charge in [0.15, 0.2) is 11.5 Å². The largest absolute Gasteiger partial charge is 0.490 e. The average molecular weight is 478 g/mol. The van der Waals surface area contributed by atoms with Gasteiger partial charge in [-0.05, 0) is 61.7 Å². The zero-order valence-electron chi connectivity index (χ0n) is 17.9. The molecule has 3 rings (SSSR count). The third-order valence-electron chi connectivity index (χ3n) is 4.55. The lowest BCUT2D eigenvalue weighted by Gasteiger charge is -2.15. The molecule has 1 heterocycles. The number of rotatable bonds is 8. The Morgan fingerprint density at radius 1 is 1.10 bits per heavy atom. The molecule has 31 heavy (non-hydrogen) atoms. The van der Waals surface area contributed by atoms with Crippen LogP contribution in [0, 0.1) is 13.8 Å². The molecule has 0 N–H and O–H groups in total. The number of amides is 1. The van der Waals surface area contributed by atoms with Crippen molar-refractivity contribution in [2.75, 3.05) is 26.9 Å². The maximum absolute atomic E-state index is 12.3. The molecule has 5 nitrogen and oxygen atoms in total. The maximum atomic E-state index is 12.3. The van der Waals surface area contributed by atoms with Crippen molar-refractivity contribution in [3.63, 3.8) is 0 Å². The van der Waals surface area contributed by atoms with Crippen LogP contribution in [0.2, 0.25) is 5.02 Å². The van der Waals surface area contributed by atoms with Crippen molar-refractivity contribution in [3.8, 4) is 17.2 Å². The van der Waals surface area contributed by atoms with Crippen LogP contribution in [0.3, 0.4) is 0 Å². The highest BCUT2D eigenvalue weighted by atomic mass is 35.5. The molecule has 0 aromatic heterocycles. The van der Waals surface area contributed by atoms with Crippen LogP contribution in [-0.4, -0.2) is 42.0 Å². The molecule has 2 aromatic rings.